The highest BCUT2D eigenvalue weighted by Crippen LogP contribution is 2.21. The maximum Gasteiger partial charge on any atom is 0.152 e. The quantitative estimate of drug-likeness (QED) is 0.800. The van der Waals surface area contributed by atoms with E-state index in [1.54, 1.807) is 17.5 Å². The molecule has 0 atom stereocenters. The minimum absolute atomic E-state index is 0.409. The van der Waals surface area contributed by atoms with Crippen molar-refractivity contribution < 1.29 is 0 Å². The van der Waals surface area contributed by atoms with Gasteiger partial charge in [-0.15, -0.1) is 11.3 Å². The average molecular weight is 287 g/mol. The molecule has 0 aliphatic heterocycles. The van der Waals surface area contributed by atoms with Gasteiger partial charge in [-0.2, -0.15) is 5.10 Å². The van der Waals surface area contributed by atoms with Gasteiger partial charge in [0.25, 0.3) is 0 Å². The number of fused-ring (bicyclic) bond motifs is 1. The highest BCUT2D eigenvalue weighted by Gasteiger charge is 2.10. The number of aryl methyl sites for hydroxylation is 1. The van der Waals surface area contributed by atoms with Crippen molar-refractivity contribution in [2.24, 2.45) is 0 Å². The van der Waals surface area contributed by atoms with Crippen molar-refractivity contribution >= 4 is 22.7 Å². The fraction of sp³-hybridized carbons (Fsp3) is 0.357. The van der Waals surface area contributed by atoms with E-state index < -0.39 is 0 Å². The summed E-state index contributed by atoms with van der Waals surface area (Å²) < 4.78 is 1.88. The molecule has 0 saturated carbocycles. The zero-order chi connectivity index (χ0) is 14.1. The van der Waals surface area contributed by atoms with Crippen molar-refractivity contribution in [3.05, 3.63) is 40.2 Å². The third-order valence-corrected chi connectivity index (χ3v) is 4.20. The Labute approximate surface area is 121 Å². The van der Waals surface area contributed by atoms with Gasteiger partial charge in [0.2, 0.25) is 0 Å². The lowest BCUT2D eigenvalue weighted by Crippen LogP contribution is -2.03. The van der Waals surface area contributed by atoms with E-state index in [1.165, 1.54) is 4.88 Å². The number of hydrogen-bond acceptors (Lipinski definition) is 5. The SMILES string of the molecule is Cc1ncsc1CNc1nccn2nc(C(C)C)cc12. The summed E-state index contributed by atoms with van der Waals surface area (Å²) in [4.78, 5) is 9.91. The first kappa shape index (κ1) is 13.1. The molecule has 6 heteroatoms. The Morgan fingerprint density at radius 3 is 2.90 bits per heavy atom. The zero-order valence-corrected chi connectivity index (χ0v) is 12.6. The number of nitrogens with zero attached hydrogens (tertiary/aromatic N) is 4. The van der Waals surface area contributed by atoms with Crippen LogP contribution in [0.2, 0.25) is 0 Å². The largest absolute Gasteiger partial charge is 0.363 e. The van der Waals surface area contributed by atoms with Crippen molar-refractivity contribution in [3.8, 4) is 0 Å². The van der Waals surface area contributed by atoms with Gasteiger partial charge in [-0.1, -0.05) is 13.8 Å². The van der Waals surface area contributed by atoms with E-state index in [9.17, 15) is 0 Å². The van der Waals surface area contributed by atoms with Crippen LogP contribution in [-0.4, -0.2) is 19.6 Å². The summed E-state index contributed by atoms with van der Waals surface area (Å²) in [6, 6.07) is 2.10. The minimum Gasteiger partial charge on any atom is -0.363 e. The Kier molecular flexibility index (Phi) is 3.40. The van der Waals surface area contributed by atoms with Gasteiger partial charge >= 0.3 is 0 Å². The van der Waals surface area contributed by atoms with Gasteiger partial charge in [0.1, 0.15) is 5.52 Å². The number of aromatic nitrogens is 4. The Morgan fingerprint density at radius 1 is 1.35 bits per heavy atom. The van der Waals surface area contributed by atoms with Crippen LogP contribution in [0.3, 0.4) is 0 Å². The minimum atomic E-state index is 0.409. The van der Waals surface area contributed by atoms with Crippen LogP contribution in [0.5, 0.6) is 0 Å². The van der Waals surface area contributed by atoms with E-state index >= 15 is 0 Å². The molecule has 0 saturated heterocycles. The topological polar surface area (TPSA) is 55.1 Å². The smallest absolute Gasteiger partial charge is 0.152 e. The van der Waals surface area contributed by atoms with Gasteiger partial charge in [0.15, 0.2) is 5.82 Å². The zero-order valence-electron chi connectivity index (χ0n) is 11.8. The summed E-state index contributed by atoms with van der Waals surface area (Å²) in [5.41, 5.74) is 5.04. The fourth-order valence-electron chi connectivity index (χ4n) is 2.02. The summed E-state index contributed by atoms with van der Waals surface area (Å²) in [6.45, 7) is 7.05. The molecule has 0 aliphatic rings. The van der Waals surface area contributed by atoms with Gasteiger partial charge in [-0.25, -0.2) is 14.5 Å². The standard InChI is InChI=1S/C14H17N5S/c1-9(2)11-6-12-14(15-4-5-19(12)18-11)16-7-13-10(3)17-8-20-13/h4-6,8-9H,7H2,1-3H3,(H,15,16). The van der Waals surface area contributed by atoms with E-state index in [-0.39, 0.29) is 0 Å². The van der Waals surface area contributed by atoms with Crippen molar-refractivity contribution in [1.82, 2.24) is 19.6 Å². The average Bonchev–Trinajstić information content (AvgIpc) is 3.02. The van der Waals surface area contributed by atoms with Gasteiger partial charge in [0, 0.05) is 17.3 Å². The molecular weight excluding hydrogens is 270 g/mol. The molecule has 0 fully saturated rings. The Balaban J connectivity index is 1.89. The highest BCUT2D eigenvalue weighted by atomic mass is 32.1. The van der Waals surface area contributed by atoms with E-state index in [4.69, 9.17) is 0 Å². The predicted octanol–water partition coefficient (Wildman–Crippen LogP) is 3.23. The van der Waals surface area contributed by atoms with Crippen molar-refractivity contribution in [1.29, 1.82) is 0 Å². The second-order valence-corrected chi connectivity index (χ2v) is 5.98. The summed E-state index contributed by atoms with van der Waals surface area (Å²) in [7, 11) is 0. The predicted molar refractivity (Wildman–Crippen MR) is 81.3 cm³/mol. The van der Waals surface area contributed by atoms with Crippen molar-refractivity contribution in [2.45, 2.75) is 33.2 Å². The molecule has 1 N–H and O–H groups in total. The van der Waals surface area contributed by atoms with Gasteiger partial charge < -0.3 is 5.32 Å². The van der Waals surface area contributed by atoms with Crippen LogP contribution >= 0.6 is 11.3 Å². The molecule has 3 aromatic heterocycles. The summed E-state index contributed by atoms with van der Waals surface area (Å²) in [5.74, 6) is 1.27. The van der Waals surface area contributed by atoms with Crippen LogP contribution in [0.15, 0.2) is 24.0 Å². The van der Waals surface area contributed by atoms with E-state index in [2.05, 4.69) is 40.3 Å². The number of hydrogen-bond donors (Lipinski definition) is 1. The number of nitrogens with one attached hydrogen (secondary N) is 1. The van der Waals surface area contributed by atoms with Gasteiger partial charge in [-0.05, 0) is 18.9 Å². The van der Waals surface area contributed by atoms with E-state index in [0.717, 1.165) is 29.3 Å². The summed E-state index contributed by atoms with van der Waals surface area (Å²) in [5, 5.41) is 7.94. The van der Waals surface area contributed by atoms with E-state index in [0.29, 0.717) is 5.92 Å². The molecule has 104 valence electrons. The maximum absolute atomic E-state index is 4.56. The van der Waals surface area contributed by atoms with Crippen LogP contribution in [0, 0.1) is 6.92 Å². The Hall–Kier alpha value is -1.95. The lowest BCUT2D eigenvalue weighted by atomic mass is 10.1. The molecule has 0 aliphatic carbocycles. The summed E-state index contributed by atoms with van der Waals surface area (Å²) >= 11 is 1.66. The molecule has 0 aromatic carbocycles. The molecule has 3 rings (SSSR count). The van der Waals surface area contributed by atoms with Crippen LogP contribution in [0.25, 0.3) is 5.52 Å². The lowest BCUT2D eigenvalue weighted by Gasteiger charge is -2.05. The molecule has 0 spiro atoms. The first-order valence-corrected chi connectivity index (χ1v) is 7.50. The lowest BCUT2D eigenvalue weighted by molar-refractivity contribution is 0.787. The molecule has 3 aromatic rings. The van der Waals surface area contributed by atoms with Crippen LogP contribution in [-0.2, 0) is 6.54 Å². The van der Waals surface area contributed by atoms with Gasteiger partial charge in [0.05, 0.1) is 23.4 Å². The molecule has 0 unspecified atom stereocenters. The monoisotopic (exact) mass is 287 g/mol. The molecule has 5 nitrogen and oxygen atoms in total. The second-order valence-electron chi connectivity index (χ2n) is 5.04. The second kappa shape index (κ2) is 5.20. The van der Waals surface area contributed by atoms with Crippen LogP contribution in [0.4, 0.5) is 5.82 Å². The first-order chi connectivity index (χ1) is 9.65. The van der Waals surface area contributed by atoms with E-state index in [1.807, 2.05) is 23.1 Å². The van der Waals surface area contributed by atoms with Crippen molar-refractivity contribution in [2.75, 3.05) is 5.32 Å². The van der Waals surface area contributed by atoms with Crippen molar-refractivity contribution in [3.63, 3.8) is 0 Å². The number of rotatable bonds is 4. The fourth-order valence-corrected chi connectivity index (χ4v) is 2.74. The summed E-state index contributed by atoms with van der Waals surface area (Å²) in [6.07, 6.45) is 3.65. The molecule has 0 bridgehead atoms. The molecule has 0 radical (unpaired) electrons. The maximum atomic E-state index is 4.56. The molecule has 0 amide bonds. The van der Waals surface area contributed by atoms with Gasteiger partial charge in [-0.3, -0.25) is 0 Å². The van der Waals surface area contributed by atoms with Crippen LogP contribution < -0.4 is 5.32 Å². The normalized spacial score (nSPS) is 11.4. The molecule has 20 heavy (non-hydrogen) atoms. The third kappa shape index (κ3) is 2.38. The first-order valence-electron chi connectivity index (χ1n) is 6.62. The van der Waals surface area contributed by atoms with Crippen LogP contribution in [0.1, 0.15) is 36.0 Å². The number of anilines is 1. The number of thiazole rings is 1. The highest BCUT2D eigenvalue weighted by molar-refractivity contribution is 7.09. The molecular formula is C14H17N5S. The third-order valence-electron chi connectivity index (χ3n) is 3.26. The molecule has 3 heterocycles. The Bertz CT molecular complexity index is 728. The Morgan fingerprint density at radius 2 is 2.20 bits per heavy atom.